The Kier molecular flexibility index (Phi) is 5.18. The van der Waals surface area contributed by atoms with Crippen LogP contribution in [0.3, 0.4) is 0 Å². The predicted molar refractivity (Wildman–Crippen MR) is 107 cm³/mol. The highest BCUT2D eigenvalue weighted by Gasteiger charge is 2.30. The largest absolute Gasteiger partial charge is 0.351 e. The van der Waals surface area contributed by atoms with E-state index in [1.807, 2.05) is 31.2 Å². The monoisotopic (exact) mass is 382 g/mol. The highest BCUT2D eigenvalue weighted by Crippen LogP contribution is 2.28. The van der Waals surface area contributed by atoms with Crippen LogP contribution >= 0.6 is 12.2 Å². The Hall–Kier alpha value is -3.26. The summed E-state index contributed by atoms with van der Waals surface area (Å²) in [6.45, 7) is 3.76. The average molecular weight is 382 g/mol. The Bertz CT molecular complexity index is 954. The number of amides is 1. The van der Waals surface area contributed by atoms with Gasteiger partial charge < -0.3 is 16.0 Å². The number of hydrogen-bond donors (Lipinski definition) is 3. The molecule has 0 saturated carbocycles. The van der Waals surface area contributed by atoms with Crippen LogP contribution in [0.4, 0.5) is 11.4 Å². The third kappa shape index (κ3) is 4.12. The van der Waals surface area contributed by atoms with E-state index in [9.17, 15) is 14.9 Å². The molecule has 0 fully saturated rings. The van der Waals surface area contributed by atoms with Gasteiger partial charge in [0.1, 0.15) is 0 Å². The van der Waals surface area contributed by atoms with Gasteiger partial charge in [0.15, 0.2) is 5.11 Å². The Morgan fingerprint density at radius 3 is 2.56 bits per heavy atom. The van der Waals surface area contributed by atoms with Crippen molar-refractivity contribution in [2.75, 3.05) is 5.32 Å². The van der Waals surface area contributed by atoms with Crippen molar-refractivity contribution in [3.63, 3.8) is 0 Å². The van der Waals surface area contributed by atoms with Crippen LogP contribution in [0.5, 0.6) is 0 Å². The zero-order valence-corrected chi connectivity index (χ0v) is 15.6. The number of allylic oxidation sites excluding steroid dienone is 1. The summed E-state index contributed by atoms with van der Waals surface area (Å²) in [6.07, 6.45) is 0. The van der Waals surface area contributed by atoms with Crippen LogP contribution in [0.2, 0.25) is 0 Å². The number of rotatable bonds is 4. The third-order valence-corrected chi connectivity index (χ3v) is 4.46. The van der Waals surface area contributed by atoms with Crippen molar-refractivity contribution in [1.82, 2.24) is 10.6 Å². The Morgan fingerprint density at radius 1 is 1.19 bits per heavy atom. The second-order valence-electron chi connectivity index (χ2n) is 6.24. The number of anilines is 1. The van der Waals surface area contributed by atoms with Crippen LogP contribution in [0.1, 0.15) is 24.1 Å². The van der Waals surface area contributed by atoms with E-state index in [-0.39, 0.29) is 11.6 Å². The van der Waals surface area contributed by atoms with Crippen molar-refractivity contribution in [2.45, 2.75) is 19.9 Å². The summed E-state index contributed by atoms with van der Waals surface area (Å²) >= 11 is 5.24. The van der Waals surface area contributed by atoms with Crippen molar-refractivity contribution in [3.05, 3.63) is 81.0 Å². The molecule has 0 aromatic heterocycles. The Balaban J connectivity index is 1.93. The van der Waals surface area contributed by atoms with E-state index in [1.54, 1.807) is 13.0 Å². The zero-order valence-electron chi connectivity index (χ0n) is 14.8. The van der Waals surface area contributed by atoms with Gasteiger partial charge in [0.25, 0.3) is 11.6 Å². The van der Waals surface area contributed by atoms with Crippen molar-refractivity contribution in [2.24, 2.45) is 0 Å². The van der Waals surface area contributed by atoms with Crippen LogP contribution in [-0.2, 0) is 4.79 Å². The number of hydrogen-bond acceptors (Lipinski definition) is 4. The molecule has 0 saturated heterocycles. The SMILES string of the molecule is CC1=C(C(=O)Nc2cccc([N+](=O)[O-])c2)C(c2ccc(C)cc2)NC(=S)N1. The van der Waals surface area contributed by atoms with Crippen LogP contribution in [0, 0.1) is 17.0 Å². The van der Waals surface area contributed by atoms with Crippen molar-refractivity contribution < 1.29 is 9.72 Å². The number of benzene rings is 2. The first kappa shape index (κ1) is 18.5. The van der Waals surface area contributed by atoms with Crippen LogP contribution in [-0.4, -0.2) is 15.9 Å². The number of carbonyl (C=O) groups is 1. The average Bonchev–Trinajstić information content (AvgIpc) is 2.61. The lowest BCUT2D eigenvalue weighted by atomic mass is 9.94. The topological polar surface area (TPSA) is 96.3 Å². The molecule has 1 atom stereocenters. The number of non-ortho nitro benzene ring substituents is 1. The van der Waals surface area contributed by atoms with Crippen LogP contribution in [0.25, 0.3) is 0 Å². The maximum Gasteiger partial charge on any atom is 0.271 e. The van der Waals surface area contributed by atoms with E-state index >= 15 is 0 Å². The standard InChI is InChI=1S/C19H18N4O3S/c1-11-6-8-13(9-7-11)17-16(12(2)20-19(27)22-17)18(24)21-14-4-3-5-15(10-14)23(25)26/h3-10,17H,1-2H3,(H,21,24)(H2,20,22,27). The number of aryl methyl sites for hydroxylation is 1. The summed E-state index contributed by atoms with van der Waals surface area (Å²) in [6, 6.07) is 13.2. The number of nitrogens with zero attached hydrogens (tertiary/aromatic N) is 1. The van der Waals surface area contributed by atoms with Crippen molar-refractivity contribution in [1.29, 1.82) is 0 Å². The Morgan fingerprint density at radius 2 is 1.89 bits per heavy atom. The van der Waals surface area contributed by atoms with Crippen LogP contribution in [0.15, 0.2) is 59.8 Å². The van der Waals surface area contributed by atoms with E-state index in [1.165, 1.54) is 18.2 Å². The maximum atomic E-state index is 13.0. The molecular formula is C19H18N4O3S. The minimum Gasteiger partial charge on any atom is -0.351 e. The van der Waals surface area contributed by atoms with Gasteiger partial charge in [-0.2, -0.15) is 0 Å². The minimum absolute atomic E-state index is 0.0883. The molecule has 0 radical (unpaired) electrons. The molecule has 2 aromatic rings. The van der Waals surface area contributed by atoms with Gasteiger partial charge in [-0.1, -0.05) is 35.9 Å². The fraction of sp³-hybridized carbons (Fsp3) is 0.158. The summed E-state index contributed by atoms with van der Waals surface area (Å²) in [5.41, 5.74) is 3.37. The molecule has 8 heteroatoms. The first-order chi connectivity index (χ1) is 12.8. The van der Waals surface area contributed by atoms with Crippen molar-refractivity contribution >= 4 is 34.6 Å². The molecular weight excluding hydrogens is 364 g/mol. The predicted octanol–water partition coefficient (Wildman–Crippen LogP) is 3.33. The molecule has 1 unspecified atom stereocenters. The van der Waals surface area contributed by atoms with Crippen molar-refractivity contribution in [3.8, 4) is 0 Å². The fourth-order valence-corrected chi connectivity index (χ4v) is 3.17. The second-order valence-corrected chi connectivity index (χ2v) is 6.65. The highest BCUT2D eigenvalue weighted by molar-refractivity contribution is 7.80. The Labute approximate surface area is 161 Å². The number of nitro groups is 1. The molecule has 0 aliphatic carbocycles. The molecule has 27 heavy (non-hydrogen) atoms. The van der Waals surface area contributed by atoms with Gasteiger partial charge in [0.05, 0.1) is 16.5 Å². The van der Waals surface area contributed by atoms with E-state index in [0.29, 0.717) is 22.1 Å². The van der Waals surface area contributed by atoms with Gasteiger partial charge in [-0.15, -0.1) is 0 Å². The summed E-state index contributed by atoms with van der Waals surface area (Å²) in [5, 5.41) is 20.2. The number of thiocarbonyl (C=S) groups is 1. The lowest BCUT2D eigenvalue weighted by Crippen LogP contribution is -2.45. The van der Waals surface area contributed by atoms with E-state index < -0.39 is 11.0 Å². The quantitative estimate of drug-likeness (QED) is 0.426. The number of nitro benzene ring substituents is 1. The molecule has 1 aliphatic heterocycles. The maximum absolute atomic E-state index is 13.0. The second kappa shape index (κ2) is 7.55. The molecule has 3 rings (SSSR count). The summed E-state index contributed by atoms with van der Waals surface area (Å²) in [4.78, 5) is 23.4. The summed E-state index contributed by atoms with van der Waals surface area (Å²) in [5.74, 6) is -0.360. The number of nitrogens with one attached hydrogen (secondary N) is 3. The highest BCUT2D eigenvalue weighted by atomic mass is 32.1. The molecule has 2 aromatic carbocycles. The normalized spacial score (nSPS) is 16.4. The smallest absolute Gasteiger partial charge is 0.271 e. The molecule has 0 spiro atoms. The molecule has 7 nitrogen and oxygen atoms in total. The van der Waals surface area contributed by atoms with Gasteiger partial charge in [-0.05, 0) is 37.7 Å². The molecule has 3 N–H and O–H groups in total. The van der Waals surface area contributed by atoms with Gasteiger partial charge >= 0.3 is 0 Å². The molecule has 1 amide bonds. The van der Waals surface area contributed by atoms with Crippen LogP contribution < -0.4 is 16.0 Å². The lowest BCUT2D eigenvalue weighted by molar-refractivity contribution is -0.384. The summed E-state index contributed by atoms with van der Waals surface area (Å²) < 4.78 is 0. The molecule has 1 heterocycles. The van der Waals surface area contributed by atoms with Gasteiger partial charge in [0.2, 0.25) is 0 Å². The zero-order chi connectivity index (χ0) is 19.6. The minimum atomic E-state index is -0.503. The van der Waals surface area contributed by atoms with E-state index in [0.717, 1.165) is 11.1 Å². The van der Waals surface area contributed by atoms with Gasteiger partial charge in [-0.25, -0.2) is 0 Å². The molecule has 1 aliphatic rings. The lowest BCUT2D eigenvalue weighted by Gasteiger charge is -2.30. The fourth-order valence-electron chi connectivity index (χ4n) is 2.90. The molecule has 138 valence electrons. The first-order valence-electron chi connectivity index (χ1n) is 8.26. The summed E-state index contributed by atoms with van der Waals surface area (Å²) in [7, 11) is 0. The first-order valence-corrected chi connectivity index (χ1v) is 8.66. The van der Waals surface area contributed by atoms with E-state index in [4.69, 9.17) is 12.2 Å². The number of carbonyl (C=O) groups excluding carboxylic acids is 1. The van der Waals surface area contributed by atoms with Gasteiger partial charge in [0, 0.05) is 23.5 Å². The van der Waals surface area contributed by atoms with E-state index in [2.05, 4.69) is 16.0 Å². The third-order valence-electron chi connectivity index (χ3n) is 4.24. The van der Waals surface area contributed by atoms with Gasteiger partial charge in [-0.3, -0.25) is 14.9 Å². The molecule has 0 bridgehead atoms.